The number of amides is 1. The first-order valence-corrected chi connectivity index (χ1v) is 9.10. The smallest absolute Gasteiger partial charge is 0.224 e. The van der Waals surface area contributed by atoms with Gasteiger partial charge < -0.3 is 5.32 Å². The van der Waals surface area contributed by atoms with Crippen LogP contribution in [0.15, 0.2) is 12.1 Å². The van der Waals surface area contributed by atoms with Crippen LogP contribution in [-0.4, -0.2) is 5.91 Å². The number of halogens is 1. The Kier molecular flexibility index (Phi) is 4.77. The maximum absolute atomic E-state index is 12.5. The Morgan fingerprint density at radius 2 is 2.05 bits per heavy atom. The van der Waals surface area contributed by atoms with Gasteiger partial charge in [-0.15, -0.1) is 0 Å². The average Bonchev–Trinajstić information content (AvgIpc) is 3.10. The van der Waals surface area contributed by atoms with E-state index < -0.39 is 0 Å². The minimum absolute atomic E-state index is 0.171. The zero-order valence-corrected chi connectivity index (χ0v) is 14.4. The molecule has 3 heteroatoms. The summed E-state index contributed by atoms with van der Waals surface area (Å²) in [6.07, 6.45) is 7.77. The number of nitrogens with one attached hydrogen (secondary N) is 1. The van der Waals surface area contributed by atoms with Crippen molar-refractivity contribution in [2.75, 3.05) is 5.32 Å². The molecule has 2 aliphatic rings. The van der Waals surface area contributed by atoms with Crippen LogP contribution in [0.5, 0.6) is 0 Å². The van der Waals surface area contributed by atoms with Crippen molar-refractivity contribution in [3.8, 4) is 0 Å². The van der Waals surface area contributed by atoms with Crippen LogP contribution >= 0.6 is 11.6 Å². The molecule has 1 aromatic rings. The predicted molar refractivity (Wildman–Crippen MR) is 92.4 cm³/mol. The van der Waals surface area contributed by atoms with E-state index in [1.165, 1.54) is 31.2 Å². The van der Waals surface area contributed by atoms with Crippen LogP contribution in [0, 0.1) is 17.8 Å². The summed E-state index contributed by atoms with van der Waals surface area (Å²) < 4.78 is 0. The van der Waals surface area contributed by atoms with E-state index in [9.17, 15) is 4.79 Å². The Bertz CT molecular complexity index is 569. The molecule has 0 radical (unpaired) electrons. The molecule has 3 atom stereocenters. The molecule has 0 aliphatic heterocycles. The van der Waals surface area contributed by atoms with Crippen molar-refractivity contribution in [1.82, 2.24) is 0 Å². The lowest BCUT2D eigenvalue weighted by Gasteiger charge is -2.22. The molecule has 22 heavy (non-hydrogen) atoms. The topological polar surface area (TPSA) is 29.1 Å². The molecule has 1 aromatic carbocycles. The Morgan fingerprint density at radius 1 is 1.23 bits per heavy atom. The number of anilines is 1. The van der Waals surface area contributed by atoms with Crippen LogP contribution in [0.2, 0.25) is 5.02 Å². The number of carbonyl (C=O) groups is 1. The first kappa shape index (κ1) is 15.9. The first-order valence-electron chi connectivity index (χ1n) is 8.72. The van der Waals surface area contributed by atoms with Crippen molar-refractivity contribution in [2.45, 2.75) is 58.8 Å². The second kappa shape index (κ2) is 6.62. The van der Waals surface area contributed by atoms with Crippen LogP contribution < -0.4 is 5.32 Å². The predicted octanol–water partition coefficient (Wildman–Crippen LogP) is 5.23. The number of rotatable bonds is 5. The van der Waals surface area contributed by atoms with Crippen molar-refractivity contribution in [3.63, 3.8) is 0 Å². The maximum atomic E-state index is 12.5. The average molecular weight is 320 g/mol. The molecule has 1 N–H and O–H groups in total. The molecule has 0 saturated heterocycles. The highest BCUT2D eigenvalue weighted by Gasteiger charge is 2.40. The number of hydrogen-bond acceptors (Lipinski definition) is 1. The molecule has 3 unspecified atom stereocenters. The number of benzene rings is 1. The van der Waals surface area contributed by atoms with Gasteiger partial charge in [0.15, 0.2) is 0 Å². The summed E-state index contributed by atoms with van der Waals surface area (Å²) in [6, 6.07) is 3.99. The fraction of sp³-hybridized carbons (Fsp3) is 0.632. The monoisotopic (exact) mass is 319 g/mol. The van der Waals surface area contributed by atoms with Crippen LogP contribution in [0.4, 0.5) is 5.69 Å². The summed E-state index contributed by atoms with van der Waals surface area (Å²) in [5.74, 6) is 2.47. The highest BCUT2D eigenvalue weighted by atomic mass is 35.5. The Morgan fingerprint density at radius 3 is 2.64 bits per heavy atom. The molecular weight excluding hydrogens is 294 g/mol. The van der Waals surface area contributed by atoms with Crippen LogP contribution in [0.25, 0.3) is 0 Å². The summed E-state index contributed by atoms with van der Waals surface area (Å²) in [5, 5.41) is 3.94. The molecule has 2 nitrogen and oxygen atoms in total. The largest absolute Gasteiger partial charge is 0.326 e. The summed E-state index contributed by atoms with van der Waals surface area (Å²) in [6.45, 7) is 4.21. The molecular formula is C19H26ClNO. The summed E-state index contributed by atoms with van der Waals surface area (Å²) >= 11 is 6.31. The van der Waals surface area contributed by atoms with Gasteiger partial charge in [0.2, 0.25) is 5.91 Å². The van der Waals surface area contributed by atoms with E-state index in [1.54, 1.807) is 0 Å². The van der Waals surface area contributed by atoms with Gasteiger partial charge in [0, 0.05) is 17.1 Å². The number of fused-ring (bicyclic) bond motifs is 2. The lowest BCUT2D eigenvalue weighted by Crippen LogP contribution is -2.21. The minimum atomic E-state index is 0.171. The highest BCUT2D eigenvalue weighted by molar-refractivity contribution is 6.32. The standard InChI is InChI=1S/C19H26ClNO/c1-3-13-7-8-17(20)16(4-2)19(13)21-18(22)11-15-10-12-5-6-14(15)9-12/h7-8,12,14-15H,3-6,9-11H2,1-2H3,(H,21,22). The fourth-order valence-corrected chi connectivity index (χ4v) is 4.81. The van der Waals surface area contributed by atoms with Crippen molar-refractivity contribution in [1.29, 1.82) is 0 Å². The number of hydrogen-bond donors (Lipinski definition) is 1. The SMILES string of the molecule is CCc1ccc(Cl)c(CC)c1NC(=O)CC1CC2CCC1C2. The molecule has 2 bridgehead atoms. The van der Waals surface area contributed by atoms with E-state index in [-0.39, 0.29) is 5.91 Å². The molecule has 0 heterocycles. The van der Waals surface area contributed by atoms with Crippen LogP contribution in [-0.2, 0) is 17.6 Å². The maximum Gasteiger partial charge on any atom is 0.224 e. The lowest BCUT2D eigenvalue weighted by molar-refractivity contribution is -0.117. The number of aryl methyl sites for hydroxylation is 1. The summed E-state index contributed by atoms with van der Waals surface area (Å²) in [5.41, 5.74) is 3.22. The van der Waals surface area contributed by atoms with Gasteiger partial charge in [0.25, 0.3) is 0 Å². The molecule has 0 aromatic heterocycles. The zero-order chi connectivity index (χ0) is 15.7. The van der Waals surface area contributed by atoms with Crippen molar-refractivity contribution < 1.29 is 4.79 Å². The third-order valence-electron chi connectivity index (χ3n) is 5.67. The normalized spacial score (nSPS) is 26.4. The Labute approximate surface area is 138 Å². The van der Waals surface area contributed by atoms with Gasteiger partial charge in [-0.2, -0.15) is 0 Å². The van der Waals surface area contributed by atoms with E-state index in [2.05, 4.69) is 19.2 Å². The van der Waals surface area contributed by atoms with Gasteiger partial charge in [-0.3, -0.25) is 4.79 Å². The molecule has 0 spiro atoms. The van der Waals surface area contributed by atoms with Gasteiger partial charge in [0.05, 0.1) is 0 Å². The van der Waals surface area contributed by atoms with Gasteiger partial charge >= 0.3 is 0 Å². The van der Waals surface area contributed by atoms with Gasteiger partial charge in [-0.05, 0) is 67.1 Å². The van der Waals surface area contributed by atoms with Crippen molar-refractivity contribution in [2.24, 2.45) is 17.8 Å². The second-order valence-electron chi connectivity index (χ2n) is 6.95. The molecule has 1 amide bonds. The van der Waals surface area contributed by atoms with E-state index >= 15 is 0 Å². The molecule has 3 rings (SSSR count). The van der Waals surface area contributed by atoms with Gasteiger partial charge in [-0.1, -0.05) is 37.9 Å². The summed E-state index contributed by atoms with van der Waals surface area (Å²) in [7, 11) is 0. The fourth-order valence-electron chi connectivity index (χ4n) is 4.52. The Hall–Kier alpha value is -1.02. The minimum Gasteiger partial charge on any atom is -0.326 e. The lowest BCUT2D eigenvalue weighted by atomic mass is 9.86. The van der Waals surface area contributed by atoms with E-state index in [1.807, 2.05) is 12.1 Å². The van der Waals surface area contributed by atoms with Crippen LogP contribution in [0.1, 0.15) is 57.1 Å². The van der Waals surface area contributed by atoms with E-state index in [4.69, 9.17) is 11.6 Å². The first-order chi connectivity index (χ1) is 10.6. The van der Waals surface area contributed by atoms with Crippen molar-refractivity contribution in [3.05, 3.63) is 28.3 Å². The Balaban J connectivity index is 1.72. The summed E-state index contributed by atoms with van der Waals surface area (Å²) in [4.78, 5) is 12.5. The highest BCUT2D eigenvalue weighted by Crippen LogP contribution is 2.49. The van der Waals surface area contributed by atoms with E-state index in [0.29, 0.717) is 12.3 Å². The number of carbonyl (C=O) groups excluding carboxylic acids is 1. The third kappa shape index (κ3) is 3.03. The third-order valence-corrected chi connectivity index (χ3v) is 6.03. The molecule has 2 saturated carbocycles. The van der Waals surface area contributed by atoms with Gasteiger partial charge in [0.1, 0.15) is 0 Å². The molecule has 120 valence electrons. The zero-order valence-electron chi connectivity index (χ0n) is 13.6. The van der Waals surface area contributed by atoms with E-state index in [0.717, 1.165) is 41.0 Å². The quantitative estimate of drug-likeness (QED) is 0.791. The second-order valence-corrected chi connectivity index (χ2v) is 7.36. The van der Waals surface area contributed by atoms with Gasteiger partial charge in [-0.25, -0.2) is 0 Å². The van der Waals surface area contributed by atoms with Crippen molar-refractivity contribution >= 4 is 23.2 Å². The van der Waals surface area contributed by atoms with Crippen LogP contribution in [0.3, 0.4) is 0 Å². The molecule has 2 fully saturated rings. The molecule has 2 aliphatic carbocycles.